The molecule has 2 aromatic heterocycles. The van der Waals surface area contributed by atoms with Crippen LogP contribution in [0.2, 0.25) is 0 Å². The fourth-order valence-corrected chi connectivity index (χ4v) is 3.64. The molecule has 0 aliphatic rings. The minimum atomic E-state index is 0.486. The first kappa shape index (κ1) is 21.6. The molecular formula is C24H28N6O2. The van der Waals surface area contributed by atoms with Crippen molar-refractivity contribution >= 4 is 22.4 Å². The molecule has 0 saturated carbocycles. The summed E-state index contributed by atoms with van der Waals surface area (Å²) >= 11 is 0. The van der Waals surface area contributed by atoms with Crippen molar-refractivity contribution in [3.8, 4) is 22.8 Å². The maximum atomic E-state index is 5.94. The molecule has 2 N–H and O–H groups in total. The number of ether oxygens (including phenoxy) is 2. The number of hydrogen-bond donors (Lipinski definition) is 1. The highest BCUT2D eigenvalue weighted by Crippen LogP contribution is 2.33. The van der Waals surface area contributed by atoms with Crippen molar-refractivity contribution < 1.29 is 9.47 Å². The van der Waals surface area contributed by atoms with Crippen molar-refractivity contribution in [3.63, 3.8) is 0 Å². The molecule has 4 rings (SSSR count). The molecule has 0 fully saturated rings. The molecule has 0 aliphatic heterocycles. The molecule has 32 heavy (non-hydrogen) atoms. The smallest absolute Gasteiger partial charge is 0.124 e. The summed E-state index contributed by atoms with van der Waals surface area (Å²) in [5.74, 6) is 1.43. The van der Waals surface area contributed by atoms with E-state index < -0.39 is 0 Å². The second-order valence-electron chi connectivity index (χ2n) is 7.43. The van der Waals surface area contributed by atoms with Crippen LogP contribution in [0, 0.1) is 0 Å². The van der Waals surface area contributed by atoms with Crippen molar-refractivity contribution in [1.29, 1.82) is 0 Å². The summed E-state index contributed by atoms with van der Waals surface area (Å²) in [6, 6.07) is 11.8. The van der Waals surface area contributed by atoms with Gasteiger partial charge in [-0.15, -0.1) is 0 Å². The molecular weight excluding hydrogens is 404 g/mol. The highest BCUT2D eigenvalue weighted by atomic mass is 16.5. The van der Waals surface area contributed by atoms with E-state index in [4.69, 9.17) is 20.2 Å². The van der Waals surface area contributed by atoms with Crippen LogP contribution in [-0.2, 0) is 6.54 Å². The predicted octanol–water partition coefficient (Wildman–Crippen LogP) is 4.02. The fraction of sp³-hybridized carbons (Fsp3) is 0.292. The number of rotatable bonds is 9. The van der Waals surface area contributed by atoms with Gasteiger partial charge >= 0.3 is 0 Å². The van der Waals surface area contributed by atoms with Crippen LogP contribution in [0.3, 0.4) is 0 Å². The Kier molecular flexibility index (Phi) is 6.51. The molecule has 166 valence electrons. The molecule has 0 amide bonds. The Morgan fingerprint density at radius 2 is 1.75 bits per heavy atom. The van der Waals surface area contributed by atoms with Gasteiger partial charge in [0.1, 0.15) is 11.5 Å². The van der Waals surface area contributed by atoms with Crippen LogP contribution in [0.25, 0.3) is 22.3 Å². The van der Waals surface area contributed by atoms with Crippen molar-refractivity contribution in [2.45, 2.75) is 19.9 Å². The largest absolute Gasteiger partial charge is 0.497 e. The van der Waals surface area contributed by atoms with E-state index in [2.05, 4.69) is 21.9 Å². The molecule has 0 atom stereocenters. The molecule has 8 nitrogen and oxygen atoms in total. The van der Waals surface area contributed by atoms with E-state index in [0.29, 0.717) is 24.6 Å². The van der Waals surface area contributed by atoms with Crippen LogP contribution in [0.4, 0.5) is 11.4 Å². The van der Waals surface area contributed by atoms with Gasteiger partial charge in [0.2, 0.25) is 0 Å². The predicted molar refractivity (Wildman–Crippen MR) is 127 cm³/mol. The fourth-order valence-electron chi connectivity index (χ4n) is 3.64. The first-order valence-electron chi connectivity index (χ1n) is 10.7. The van der Waals surface area contributed by atoms with Crippen LogP contribution < -0.4 is 20.1 Å². The molecule has 2 aromatic carbocycles. The lowest BCUT2D eigenvalue weighted by Gasteiger charge is -2.25. The number of nitrogens with zero attached hydrogens (tertiary/aromatic N) is 5. The van der Waals surface area contributed by atoms with Crippen LogP contribution in [0.5, 0.6) is 11.5 Å². The summed E-state index contributed by atoms with van der Waals surface area (Å²) in [6.45, 7) is 4.12. The molecule has 0 saturated heterocycles. The minimum Gasteiger partial charge on any atom is -0.497 e. The molecule has 2 heterocycles. The Bertz CT molecular complexity index is 1180. The number of aryl methyl sites for hydroxylation is 1. The third kappa shape index (κ3) is 4.50. The monoisotopic (exact) mass is 432 g/mol. The third-order valence-corrected chi connectivity index (χ3v) is 5.22. The normalized spacial score (nSPS) is 11.0. The summed E-state index contributed by atoms with van der Waals surface area (Å²) in [5, 5.41) is 4.41. The van der Waals surface area contributed by atoms with Gasteiger partial charge in [0, 0.05) is 61.0 Å². The van der Waals surface area contributed by atoms with Gasteiger partial charge in [-0.3, -0.25) is 9.67 Å². The average molecular weight is 433 g/mol. The second kappa shape index (κ2) is 9.65. The van der Waals surface area contributed by atoms with Gasteiger partial charge in [0.25, 0.3) is 0 Å². The average Bonchev–Trinajstić information content (AvgIpc) is 3.30. The second-order valence-corrected chi connectivity index (χ2v) is 7.43. The molecule has 4 aromatic rings. The van der Waals surface area contributed by atoms with E-state index in [1.165, 1.54) is 0 Å². The number of benzene rings is 2. The molecule has 0 bridgehead atoms. The standard InChI is InChI=1S/C24H28N6O2/c1-4-8-29-16-17(14-27-29)24-15-26-22-6-5-18(12-23(22)28-24)30(9-7-25)19-10-20(31-2)13-21(11-19)32-3/h5-6,10-16H,4,7-9,25H2,1-3H3. The highest BCUT2D eigenvalue weighted by Gasteiger charge is 2.14. The number of fused-ring (bicyclic) bond motifs is 1. The quantitative estimate of drug-likeness (QED) is 0.427. The van der Waals surface area contributed by atoms with Crippen LogP contribution in [0.1, 0.15) is 13.3 Å². The Balaban J connectivity index is 1.74. The third-order valence-electron chi connectivity index (χ3n) is 5.22. The first-order valence-corrected chi connectivity index (χ1v) is 10.7. The number of nitrogens with two attached hydrogens (primary N) is 1. The lowest BCUT2D eigenvalue weighted by atomic mass is 10.2. The van der Waals surface area contributed by atoms with Crippen LogP contribution >= 0.6 is 0 Å². The molecule has 8 heteroatoms. The van der Waals surface area contributed by atoms with E-state index in [0.717, 1.165) is 46.6 Å². The van der Waals surface area contributed by atoms with Gasteiger partial charge in [-0.1, -0.05) is 6.92 Å². The zero-order valence-electron chi connectivity index (χ0n) is 18.7. The highest BCUT2D eigenvalue weighted by molar-refractivity contribution is 5.82. The van der Waals surface area contributed by atoms with E-state index >= 15 is 0 Å². The van der Waals surface area contributed by atoms with E-state index in [1.54, 1.807) is 20.4 Å². The zero-order chi connectivity index (χ0) is 22.5. The van der Waals surface area contributed by atoms with Crippen LogP contribution in [0.15, 0.2) is 55.0 Å². The summed E-state index contributed by atoms with van der Waals surface area (Å²) < 4.78 is 12.8. The number of methoxy groups -OCH3 is 2. The Hall–Kier alpha value is -3.65. The summed E-state index contributed by atoms with van der Waals surface area (Å²) in [4.78, 5) is 11.6. The summed E-state index contributed by atoms with van der Waals surface area (Å²) in [7, 11) is 3.28. The summed E-state index contributed by atoms with van der Waals surface area (Å²) in [5.41, 5.74) is 11.2. The Labute approximate surface area is 187 Å². The van der Waals surface area contributed by atoms with Gasteiger partial charge in [-0.25, -0.2) is 4.98 Å². The molecule has 0 unspecified atom stereocenters. The Morgan fingerprint density at radius 1 is 0.969 bits per heavy atom. The zero-order valence-corrected chi connectivity index (χ0v) is 18.7. The minimum absolute atomic E-state index is 0.486. The molecule has 0 radical (unpaired) electrons. The lowest BCUT2D eigenvalue weighted by Crippen LogP contribution is -2.24. The first-order chi connectivity index (χ1) is 15.6. The topological polar surface area (TPSA) is 91.3 Å². The van der Waals surface area contributed by atoms with Gasteiger partial charge in [0.15, 0.2) is 0 Å². The van der Waals surface area contributed by atoms with Crippen molar-refractivity contribution in [3.05, 3.63) is 55.0 Å². The summed E-state index contributed by atoms with van der Waals surface area (Å²) in [6.07, 6.45) is 6.66. The van der Waals surface area contributed by atoms with Crippen LogP contribution in [-0.4, -0.2) is 47.1 Å². The van der Waals surface area contributed by atoms with Gasteiger partial charge in [-0.05, 0) is 24.6 Å². The lowest BCUT2D eigenvalue weighted by molar-refractivity contribution is 0.394. The maximum Gasteiger partial charge on any atom is 0.124 e. The molecule has 0 aliphatic carbocycles. The number of aromatic nitrogens is 4. The van der Waals surface area contributed by atoms with E-state index in [-0.39, 0.29) is 0 Å². The van der Waals surface area contributed by atoms with Crippen molar-refractivity contribution in [1.82, 2.24) is 19.7 Å². The van der Waals surface area contributed by atoms with Crippen molar-refractivity contribution in [2.24, 2.45) is 5.73 Å². The maximum absolute atomic E-state index is 5.94. The Morgan fingerprint density at radius 3 is 2.44 bits per heavy atom. The van der Waals surface area contributed by atoms with Crippen molar-refractivity contribution in [2.75, 3.05) is 32.2 Å². The van der Waals surface area contributed by atoms with Gasteiger partial charge < -0.3 is 20.1 Å². The molecule has 0 spiro atoms. The van der Waals surface area contributed by atoms with E-state index in [1.807, 2.05) is 53.5 Å². The van der Waals surface area contributed by atoms with E-state index in [9.17, 15) is 0 Å². The van der Waals surface area contributed by atoms with Gasteiger partial charge in [0.05, 0.1) is 43.3 Å². The number of anilines is 2. The SMILES string of the molecule is CCCn1cc(-c2cnc3ccc(N(CCN)c4cc(OC)cc(OC)c4)cc3n2)cn1. The van der Waals surface area contributed by atoms with Gasteiger partial charge in [-0.2, -0.15) is 5.10 Å². The number of hydrogen-bond acceptors (Lipinski definition) is 7.